The molecule has 2 rings (SSSR count). The molecule has 0 radical (unpaired) electrons. The fourth-order valence-electron chi connectivity index (χ4n) is 3.15. The summed E-state index contributed by atoms with van der Waals surface area (Å²) in [6, 6.07) is 15.2. The van der Waals surface area contributed by atoms with Crippen molar-refractivity contribution in [1.29, 1.82) is 0 Å². The van der Waals surface area contributed by atoms with E-state index >= 15 is 0 Å². The normalized spacial score (nSPS) is 11.7. The van der Waals surface area contributed by atoms with Crippen LogP contribution in [0.3, 0.4) is 0 Å². The van der Waals surface area contributed by atoms with Gasteiger partial charge in [0.2, 0.25) is 11.8 Å². The molecule has 0 aliphatic carbocycles. The van der Waals surface area contributed by atoms with Crippen LogP contribution < -0.4 is 5.32 Å². The molecule has 5 heteroatoms. The summed E-state index contributed by atoms with van der Waals surface area (Å²) in [4.78, 5) is 27.2. The molecule has 0 saturated heterocycles. The van der Waals surface area contributed by atoms with E-state index in [0.717, 1.165) is 24.0 Å². The predicted octanol–water partition coefficient (Wildman–Crippen LogP) is 4.78. The minimum atomic E-state index is -0.546. The molecule has 0 heterocycles. The molecule has 0 unspecified atom stereocenters. The van der Waals surface area contributed by atoms with E-state index < -0.39 is 6.04 Å². The molecule has 0 bridgehead atoms. The van der Waals surface area contributed by atoms with Crippen LogP contribution in [-0.2, 0) is 29.0 Å². The highest BCUT2D eigenvalue weighted by Gasteiger charge is 2.25. The minimum Gasteiger partial charge on any atom is -0.354 e. The van der Waals surface area contributed by atoms with E-state index in [4.69, 9.17) is 11.6 Å². The molecular formula is C24H31ClN2O2. The molecule has 29 heavy (non-hydrogen) atoms. The molecule has 2 amide bonds. The van der Waals surface area contributed by atoms with Gasteiger partial charge >= 0.3 is 0 Å². The Kier molecular flexibility index (Phi) is 9.20. The molecule has 0 aliphatic heterocycles. The van der Waals surface area contributed by atoms with Gasteiger partial charge in [-0.1, -0.05) is 61.8 Å². The van der Waals surface area contributed by atoms with Gasteiger partial charge in [-0.25, -0.2) is 0 Å². The van der Waals surface area contributed by atoms with Gasteiger partial charge in [0.1, 0.15) is 6.04 Å². The summed E-state index contributed by atoms with van der Waals surface area (Å²) in [5.41, 5.74) is 3.32. The van der Waals surface area contributed by atoms with E-state index in [9.17, 15) is 9.59 Å². The van der Waals surface area contributed by atoms with Gasteiger partial charge in [-0.2, -0.15) is 0 Å². The van der Waals surface area contributed by atoms with Crippen molar-refractivity contribution < 1.29 is 9.59 Å². The topological polar surface area (TPSA) is 49.4 Å². The van der Waals surface area contributed by atoms with Crippen LogP contribution in [0, 0.1) is 0 Å². The van der Waals surface area contributed by atoms with E-state index in [-0.39, 0.29) is 11.8 Å². The van der Waals surface area contributed by atoms with Crippen molar-refractivity contribution in [2.45, 2.75) is 59.0 Å². The van der Waals surface area contributed by atoms with Gasteiger partial charge in [-0.3, -0.25) is 9.59 Å². The Morgan fingerprint density at radius 2 is 1.72 bits per heavy atom. The van der Waals surface area contributed by atoms with Crippen LogP contribution in [0.25, 0.3) is 0 Å². The average molecular weight is 415 g/mol. The van der Waals surface area contributed by atoms with Gasteiger partial charge in [0.15, 0.2) is 0 Å². The maximum absolute atomic E-state index is 13.1. The zero-order valence-electron chi connectivity index (χ0n) is 17.6. The fourth-order valence-corrected chi connectivity index (χ4v) is 3.36. The number of amides is 2. The molecule has 0 aliphatic rings. The van der Waals surface area contributed by atoms with Gasteiger partial charge in [-0.15, -0.1) is 0 Å². The number of benzene rings is 2. The molecule has 1 N–H and O–H groups in total. The Morgan fingerprint density at radius 1 is 1.03 bits per heavy atom. The third kappa shape index (κ3) is 7.21. The van der Waals surface area contributed by atoms with Gasteiger partial charge in [0.25, 0.3) is 0 Å². The molecular weight excluding hydrogens is 384 g/mol. The number of rotatable bonds is 10. The highest BCUT2D eigenvalue weighted by atomic mass is 35.5. The van der Waals surface area contributed by atoms with Crippen LogP contribution in [0.15, 0.2) is 48.5 Å². The summed E-state index contributed by atoms with van der Waals surface area (Å²) in [7, 11) is 0. The van der Waals surface area contributed by atoms with Gasteiger partial charge in [0.05, 0.1) is 0 Å². The van der Waals surface area contributed by atoms with Gasteiger partial charge in [0, 0.05) is 24.5 Å². The molecule has 0 saturated carbocycles. The molecule has 2 aromatic rings. The Balaban J connectivity index is 2.11. The van der Waals surface area contributed by atoms with E-state index in [2.05, 4.69) is 36.5 Å². The number of aryl methyl sites for hydroxylation is 2. The van der Waals surface area contributed by atoms with E-state index in [0.29, 0.717) is 31.0 Å². The lowest BCUT2D eigenvalue weighted by molar-refractivity contribution is -0.140. The smallest absolute Gasteiger partial charge is 0.242 e. The Hall–Kier alpha value is -2.33. The van der Waals surface area contributed by atoms with E-state index in [1.54, 1.807) is 17.9 Å². The number of nitrogens with zero attached hydrogens (tertiary/aromatic N) is 1. The number of nitrogens with one attached hydrogen (secondary N) is 1. The minimum absolute atomic E-state index is 0.0382. The standard InChI is InChI=1S/C24H31ClN2O2/c1-4-15-26-24(29)18(3)27(17-21-7-6-8-22(25)16-21)23(28)14-13-20-11-9-19(5-2)10-12-20/h6-12,16,18H,4-5,13-15,17H2,1-3H3,(H,26,29)/t18-/m0/s1. The first-order chi connectivity index (χ1) is 13.9. The van der Waals surface area contributed by atoms with Gasteiger partial charge < -0.3 is 10.2 Å². The number of carbonyl (C=O) groups is 2. The number of carbonyl (C=O) groups excluding carboxylic acids is 2. The second kappa shape index (κ2) is 11.6. The van der Waals surface area contributed by atoms with E-state index in [1.165, 1.54) is 5.56 Å². The summed E-state index contributed by atoms with van der Waals surface area (Å²) in [5, 5.41) is 3.51. The Morgan fingerprint density at radius 3 is 2.34 bits per heavy atom. The Labute approximate surface area is 179 Å². The first kappa shape index (κ1) is 23.0. The summed E-state index contributed by atoms with van der Waals surface area (Å²) >= 11 is 6.10. The fraction of sp³-hybridized carbons (Fsp3) is 0.417. The lowest BCUT2D eigenvalue weighted by atomic mass is 10.0. The monoisotopic (exact) mass is 414 g/mol. The third-order valence-corrected chi connectivity index (χ3v) is 5.25. The molecule has 0 aromatic heterocycles. The molecule has 0 fully saturated rings. The molecule has 4 nitrogen and oxygen atoms in total. The highest BCUT2D eigenvalue weighted by molar-refractivity contribution is 6.30. The zero-order chi connectivity index (χ0) is 21.2. The summed E-state index contributed by atoms with van der Waals surface area (Å²) in [6.07, 6.45) is 2.86. The lowest BCUT2D eigenvalue weighted by Gasteiger charge is -2.29. The second-order valence-corrected chi connectivity index (χ2v) is 7.73. The van der Waals surface area contributed by atoms with Crippen molar-refractivity contribution in [2.75, 3.05) is 6.54 Å². The van der Waals surface area contributed by atoms with Crippen molar-refractivity contribution >= 4 is 23.4 Å². The summed E-state index contributed by atoms with van der Waals surface area (Å²) in [6.45, 7) is 6.87. The maximum atomic E-state index is 13.1. The zero-order valence-corrected chi connectivity index (χ0v) is 18.3. The number of hydrogen-bond acceptors (Lipinski definition) is 2. The molecule has 2 aromatic carbocycles. The van der Waals surface area contributed by atoms with Gasteiger partial charge in [-0.05, 0) is 55.0 Å². The second-order valence-electron chi connectivity index (χ2n) is 7.29. The van der Waals surface area contributed by atoms with Crippen LogP contribution >= 0.6 is 11.6 Å². The van der Waals surface area contributed by atoms with Crippen LogP contribution in [-0.4, -0.2) is 29.3 Å². The van der Waals surface area contributed by atoms with Crippen LogP contribution in [0.1, 0.15) is 50.3 Å². The average Bonchev–Trinajstić information content (AvgIpc) is 2.74. The quantitative estimate of drug-likeness (QED) is 0.608. The number of halogens is 1. The van der Waals surface area contributed by atoms with Crippen LogP contribution in [0.5, 0.6) is 0 Å². The number of hydrogen-bond donors (Lipinski definition) is 1. The van der Waals surface area contributed by atoms with Crippen molar-refractivity contribution in [3.63, 3.8) is 0 Å². The van der Waals surface area contributed by atoms with Crippen molar-refractivity contribution in [2.24, 2.45) is 0 Å². The Bertz CT molecular complexity index is 805. The van der Waals surface area contributed by atoms with Crippen LogP contribution in [0.4, 0.5) is 0 Å². The molecule has 156 valence electrons. The largest absolute Gasteiger partial charge is 0.354 e. The first-order valence-corrected chi connectivity index (χ1v) is 10.7. The van der Waals surface area contributed by atoms with Crippen molar-refractivity contribution in [1.82, 2.24) is 10.2 Å². The third-order valence-electron chi connectivity index (χ3n) is 5.02. The summed E-state index contributed by atoms with van der Waals surface area (Å²) < 4.78 is 0. The van der Waals surface area contributed by atoms with Crippen LogP contribution in [0.2, 0.25) is 5.02 Å². The van der Waals surface area contributed by atoms with Crippen molar-refractivity contribution in [3.8, 4) is 0 Å². The lowest BCUT2D eigenvalue weighted by Crippen LogP contribution is -2.47. The predicted molar refractivity (Wildman–Crippen MR) is 119 cm³/mol. The SMILES string of the molecule is CCCNC(=O)[C@H](C)N(Cc1cccc(Cl)c1)C(=O)CCc1ccc(CC)cc1. The molecule has 0 spiro atoms. The maximum Gasteiger partial charge on any atom is 0.242 e. The summed E-state index contributed by atoms with van der Waals surface area (Å²) in [5.74, 6) is -0.168. The first-order valence-electron chi connectivity index (χ1n) is 10.3. The highest BCUT2D eigenvalue weighted by Crippen LogP contribution is 2.16. The van der Waals surface area contributed by atoms with Crippen molar-refractivity contribution in [3.05, 3.63) is 70.2 Å². The molecule has 1 atom stereocenters. The van der Waals surface area contributed by atoms with E-state index in [1.807, 2.05) is 25.1 Å².